The van der Waals surface area contributed by atoms with Crippen LogP contribution in [0.25, 0.3) is 12.7 Å². The van der Waals surface area contributed by atoms with E-state index in [0.29, 0.717) is 11.8 Å². The Morgan fingerprint density at radius 2 is 1.94 bits per heavy atom. The molecule has 0 aliphatic heterocycles. The zero-order valence-electron chi connectivity index (χ0n) is 12.2. The molecule has 0 fully saturated rings. The van der Waals surface area contributed by atoms with E-state index >= 15 is 0 Å². The number of hydrogen-bond donors (Lipinski definition) is 0. The number of allylic oxidation sites excluding steroid dienone is 2. The highest BCUT2D eigenvalue weighted by Gasteiger charge is 2.13. The molecule has 0 N–H and O–H groups in total. The van der Waals surface area contributed by atoms with Gasteiger partial charge in [-0.2, -0.15) is 0 Å². The summed E-state index contributed by atoms with van der Waals surface area (Å²) >= 11 is 0. The molecule has 1 aromatic rings. The van der Waals surface area contributed by atoms with Gasteiger partial charge in [0.1, 0.15) is 0 Å². The zero-order valence-corrected chi connectivity index (χ0v) is 12.2. The van der Waals surface area contributed by atoms with Crippen molar-refractivity contribution in [2.75, 3.05) is 0 Å². The molecule has 0 spiro atoms. The maximum absolute atomic E-state index is 4.07. The molecule has 0 unspecified atom stereocenters. The zero-order chi connectivity index (χ0) is 13.5. The first-order valence-electron chi connectivity index (χ1n) is 6.99. The molecule has 1 rings (SSSR count). The third-order valence-corrected chi connectivity index (χ3v) is 3.98. The van der Waals surface area contributed by atoms with Crippen molar-refractivity contribution in [2.45, 2.75) is 40.5 Å². The molecule has 0 saturated carbocycles. The minimum atomic E-state index is 0.660. The molecule has 0 aliphatic carbocycles. The first kappa shape index (κ1) is 14.8. The van der Waals surface area contributed by atoms with E-state index in [0.717, 1.165) is 18.1 Å². The van der Waals surface area contributed by atoms with Crippen LogP contribution in [0, 0.1) is 11.8 Å². The van der Waals surface area contributed by atoms with E-state index in [2.05, 4.69) is 64.6 Å². The van der Waals surface area contributed by atoms with Crippen molar-refractivity contribution in [2.24, 2.45) is 11.8 Å². The summed E-state index contributed by atoms with van der Waals surface area (Å²) in [7, 11) is 0. The van der Waals surface area contributed by atoms with E-state index in [-0.39, 0.29) is 0 Å². The monoisotopic (exact) mass is 242 g/mol. The second kappa shape index (κ2) is 7.20. The molecule has 98 valence electrons. The molecule has 1 aromatic carbocycles. The molecule has 0 bridgehead atoms. The SMILES string of the molecule is C=c1cccc/c1=C/C[C@H](C)[C@H](C)/C(=C/C)CC. The molecule has 18 heavy (non-hydrogen) atoms. The van der Waals surface area contributed by atoms with Crippen molar-refractivity contribution in [1.29, 1.82) is 0 Å². The minimum Gasteiger partial charge on any atom is -0.0912 e. The van der Waals surface area contributed by atoms with E-state index in [1.165, 1.54) is 5.22 Å². The topological polar surface area (TPSA) is 0 Å². The van der Waals surface area contributed by atoms with Crippen LogP contribution in [-0.4, -0.2) is 0 Å². The van der Waals surface area contributed by atoms with E-state index in [4.69, 9.17) is 0 Å². The van der Waals surface area contributed by atoms with Gasteiger partial charge in [-0.1, -0.05) is 69.3 Å². The molecule has 2 atom stereocenters. The van der Waals surface area contributed by atoms with Crippen LogP contribution >= 0.6 is 0 Å². The van der Waals surface area contributed by atoms with Gasteiger partial charge in [-0.3, -0.25) is 0 Å². The lowest BCUT2D eigenvalue weighted by molar-refractivity contribution is 0.444. The van der Waals surface area contributed by atoms with Crippen molar-refractivity contribution in [3.05, 3.63) is 46.4 Å². The van der Waals surface area contributed by atoms with Crippen molar-refractivity contribution in [1.82, 2.24) is 0 Å². The summed E-state index contributed by atoms with van der Waals surface area (Å²) in [4.78, 5) is 0. The van der Waals surface area contributed by atoms with Gasteiger partial charge in [-0.25, -0.2) is 0 Å². The van der Waals surface area contributed by atoms with E-state index < -0.39 is 0 Å². The van der Waals surface area contributed by atoms with Crippen molar-refractivity contribution in [3.8, 4) is 0 Å². The second-order valence-electron chi connectivity index (χ2n) is 5.12. The molecule has 0 amide bonds. The molecule has 0 heterocycles. The van der Waals surface area contributed by atoms with Crippen molar-refractivity contribution >= 4 is 12.7 Å². The second-order valence-corrected chi connectivity index (χ2v) is 5.12. The number of hydrogen-bond acceptors (Lipinski definition) is 0. The normalized spacial score (nSPS) is 16.7. The first-order valence-corrected chi connectivity index (χ1v) is 6.99. The van der Waals surface area contributed by atoms with Crippen molar-refractivity contribution < 1.29 is 0 Å². The van der Waals surface area contributed by atoms with Gasteiger partial charge in [0.25, 0.3) is 0 Å². The summed E-state index contributed by atoms with van der Waals surface area (Å²) in [6.07, 6.45) is 6.88. The fourth-order valence-corrected chi connectivity index (χ4v) is 2.40. The smallest absolute Gasteiger partial charge is 0.0203 e. The molecule has 0 radical (unpaired) electrons. The fourth-order valence-electron chi connectivity index (χ4n) is 2.40. The number of rotatable bonds is 5. The predicted octanol–water partition coefficient (Wildman–Crippen LogP) is 3.90. The summed E-state index contributed by atoms with van der Waals surface area (Å²) in [5, 5.41) is 2.40. The molecular formula is C18H26. The highest BCUT2D eigenvalue weighted by Crippen LogP contribution is 2.25. The Bertz CT molecular complexity index is 493. The average molecular weight is 242 g/mol. The predicted molar refractivity (Wildman–Crippen MR) is 82.7 cm³/mol. The van der Waals surface area contributed by atoms with E-state index in [1.807, 2.05) is 6.07 Å². The Hall–Kier alpha value is -1.30. The molecule has 0 heteroatoms. The van der Waals surface area contributed by atoms with Gasteiger partial charge in [-0.05, 0) is 42.0 Å². The van der Waals surface area contributed by atoms with Gasteiger partial charge < -0.3 is 0 Å². The van der Waals surface area contributed by atoms with Crippen LogP contribution < -0.4 is 10.4 Å². The van der Waals surface area contributed by atoms with Gasteiger partial charge in [0.05, 0.1) is 0 Å². The van der Waals surface area contributed by atoms with Gasteiger partial charge in [0.15, 0.2) is 0 Å². The largest absolute Gasteiger partial charge is 0.0912 e. The average Bonchev–Trinajstić information content (AvgIpc) is 2.38. The molecule has 0 aromatic heterocycles. The van der Waals surface area contributed by atoms with Gasteiger partial charge in [0, 0.05) is 0 Å². The standard InChI is InChI=1S/C18H26/c1-6-17(7-2)16(5)14(3)12-13-18-11-9-8-10-15(18)4/h6,8-11,13-14,16H,4,7,12H2,1-3,5H3/b17-6+,18-13-/t14-,16-/m0/s1. The Kier molecular flexibility index (Phi) is 5.91. The lowest BCUT2D eigenvalue weighted by atomic mass is 9.85. The third-order valence-electron chi connectivity index (χ3n) is 3.98. The van der Waals surface area contributed by atoms with Gasteiger partial charge in [-0.15, -0.1) is 0 Å². The molecule has 0 nitrogen and oxygen atoms in total. The van der Waals surface area contributed by atoms with E-state index in [1.54, 1.807) is 5.57 Å². The summed E-state index contributed by atoms with van der Waals surface area (Å²) in [6, 6.07) is 8.35. The molecular weight excluding hydrogens is 216 g/mol. The molecule has 0 aliphatic rings. The van der Waals surface area contributed by atoms with Crippen LogP contribution in [0.1, 0.15) is 40.5 Å². The van der Waals surface area contributed by atoms with Crippen LogP contribution in [-0.2, 0) is 0 Å². The Balaban J connectivity index is 2.78. The summed E-state index contributed by atoms with van der Waals surface area (Å²) in [5.74, 6) is 1.34. The summed E-state index contributed by atoms with van der Waals surface area (Å²) < 4.78 is 0. The maximum Gasteiger partial charge on any atom is -0.0203 e. The quantitative estimate of drug-likeness (QED) is 0.687. The van der Waals surface area contributed by atoms with Crippen LogP contribution in [0.3, 0.4) is 0 Å². The van der Waals surface area contributed by atoms with Crippen LogP contribution in [0.5, 0.6) is 0 Å². The highest BCUT2D eigenvalue weighted by molar-refractivity contribution is 5.27. The van der Waals surface area contributed by atoms with Crippen LogP contribution in [0.2, 0.25) is 0 Å². The van der Waals surface area contributed by atoms with Crippen LogP contribution in [0.15, 0.2) is 35.9 Å². The number of benzene rings is 1. The van der Waals surface area contributed by atoms with Gasteiger partial charge >= 0.3 is 0 Å². The Labute approximate surface area is 112 Å². The first-order chi connectivity index (χ1) is 8.60. The van der Waals surface area contributed by atoms with Gasteiger partial charge in [0.2, 0.25) is 0 Å². The molecule has 0 saturated heterocycles. The van der Waals surface area contributed by atoms with E-state index in [9.17, 15) is 0 Å². The van der Waals surface area contributed by atoms with Crippen molar-refractivity contribution in [3.63, 3.8) is 0 Å². The lowest BCUT2D eigenvalue weighted by Crippen LogP contribution is -2.22. The lowest BCUT2D eigenvalue weighted by Gasteiger charge is -2.21. The summed E-state index contributed by atoms with van der Waals surface area (Å²) in [5.41, 5.74) is 1.57. The maximum atomic E-state index is 4.07. The minimum absolute atomic E-state index is 0.660. The fraction of sp³-hybridized carbons (Fsp3) is 0.444. The Morgan fingerprint density at radius 1 is 1.28 bits per heavy atom. The summed E-state index contributed by atoms with van der Waals surface area (Å²) in [6.45, 7) is 13.1. The Morgan fingerprint density at radius 3 is 2.50 bits per heavy atom. The van der Waals surface area contributed by atoms with Crippen LogP contribution in [0.4, 0.5) is 0 Å². The highest BCUT2D eigenvalue weighted by atomic mass is 14.2. The third kappa shape index (κ3) is 3.87.